The molecule has 0 aromatic heterocycles. The van der Waals surface area contributed by atoms with E-state index < -0.39 is 9.84 Å². The largest absolute Gasteiger partial charge is 0.487 e. The average Bonchev–Trinajstić information content (AvgIpc) is 3.17. The first kappa shape index (κ1) is 21.4. The summed E-state index contributed by atoms with van der Waals surface area (Å²) < 4.78 is 29.6. The zero-order valence-electron chi connectivity index (χ0n) is 17.0. The number of para-hydroxylation sites is 1. The highest BCUT2D eigenvalue weighted by molar-refractivity contribution is 7.90. The van der Waals surface area contributed by atoms with Gasteiger partial charge < -0.3 is 10.1 Å². The minimum absolute atomic E-state index is 0.0709. The first-order valence-corrected chi connectivity index (χ1v) is 12.2. The summed E-state index contributed by atoms with van der Waals surface area (Å²) in [7, 11) is -3.24. The van der Waals surface area contributed by atoms with Crippen molar-refractivity contribution in [2.24, 2.45) is 0 Å². The van der Waals surface area contributed by atoms with Gasteiger partial charge in [0.2, 0.25) is 5.91 Å². The van der Waals surface area contributed by atoms with Crippen LogP contribution in [0.25, 0.3) is 11.1 Å². The van der Waals surface area contributed by atoms with E-state index in [9.17, 15) is 13.2 Å². The molecule has 7 heteroatoms. The lowest BCUT2D eigenvalue weighted by Crippen LogP contribution is -2.35. The number of fused-ring (bicyclic) bond motifs is 1. The van der Waals surface area contributed by atoms with Crippen LogP contribution in [0, 0.1) is 0 Å². The normalized spacial score (nSPS) is 15.2. The van der Waals surface area contributed by atoms with Gasteiger partial charge in [0.1, 0.15) is 11.9 Å². The zero-order valence-corrected chi connectivity index (χ0v) is 18.5. The van der Waals surface area contributed by atoms with Gasteiger partial charge in [0, 0.05) is 23.3 Å². The lowest BCUT2D eigenvalue weighted by atomic mass is 10.0. The van der Waals surface area contributed by atoms with Crippen molar-refractivity contribution in [3.05, 3.63) is 82.9 Å². The number of carbonyl (C=O) groups excluding carboxylic acids is 1. The summed E-state index contributed by atoms with van der Waals surface area (Å²) in [6.45, 7) is 0.410. The van der Waals surface area contributed by atoms with E-state index in [1.165, 1.54) is 6.26 Å². The molecule has 0 spiro atoms. The third-order valence-electron chi connectivity index (χ3n) is 5.23. The van der Waals surface area contributed by atoms with Crippen molar-refractivity contribution in [1.29, 1.82) is 0 Å². The van der Waals surface area contributed by atoms with Gasteiger partial charge in [-0.05, 0) is 41.0 Å². The van der Waals surface area contributed by atoms with Crippen LogP contribution in [0.15, 0.2) is 71.6 Å². The average molecular weight is 456 g/mol. The van der Waals surface area contributed by atoms with Crippen molar-refractivity contribution in [2.45, 2.75) is 23.8 Å². The molecule has 3 aromatic carbocycles. The Morgan fingerprint density at radius 1 is 1.06 bits per heavy atom. The molecule has 0 aliphatic carbocycles. The molecule has 5 nitrogen and oxygen atoms in total. The maximum Gasteiger partial charge on any atom is 0.224 e. The summed E-state index contributed by atoms with van der Waals surface area (Å²) in [6.07, 6.45) is 2.03. The van der Waals surface area contributed by atoms with E-state index >= 15 is 0 Å². The quantitative estimate of drug-likeness (QED) is 0.608. The number of hydrogen-bond donors (Lipinski definition) is 1. The van der Waals surface area contributed by atoms with Crippen LogP contribution in [0.1, 0.15) is 11.1 Å². The van der Waals surface area contributed by atoms with Gasteiger partial charge in [0.15, 0.2) is 9.84 Å². The van der Waals surface area contributed by atoms with Gasteiger partial charge in [-0.3, -0.25) is 4.79 Å². The molecule has 160 valence electrons. The Hall–Kier alpha value is -2.83. The Morgan fingerprint density at radius 2 is 1.77 bits per heavy atom. The van der Waals surface area contributed by atoms with Crippen LogP contribution in [0.4, 0.5) is 0 Å². The molecule has 0 bridgehead atoms. The summed E-state index contributed by atoms with van der Waals surface area (Å²) in [5.74, 6) is 0.713. The highest BCUT2D eigenvalue weighted by Crippen LogP contribution is 2.38. The van der Waals surface area contributed by atoms with Crippen LogP contribution in [0.2, 0.25) is 5.02 Å². The highest BCUT2D eigenvalue weighted by Gasteiger charge is 2.26. The fraction of sp³-hybridized carbons (Fsp3) is 0.208. The molecule has 1 amide bonds. The molecule has 0 fully saturated rings. The number of nitrogens with one attached hydrogen (secondary N) is 1. The van der Waals surface area contributed by atoms with Gasteiger partial charge in [0.25, 0.3) is 0 Å². The van der Waals surface area contributed by atoms with Crippen LogP contribution < -0.4 is 10.1 Å². The molecule has 0 saturated carbocycles. The molecule has 3 aromatic rings. The second-order valence-electron chi connectivity index (χ2n) is 7.64. The number of amides is 1. The molecule has 0 saturated heterocycles. The van der Waals surface area contributed by atoms with Crippen molar-refractivity contribution in [2.75, 3.05) is 12.8 Å². The van der Waals surface area contributed by atoms with Gasteiger partial charge in [0.05, 0.1) is 17.9 Å². The number of ether oxygens (including phenoxy) is 1. The lowest BCUT2D eigenvalue weighted by Gasteiger charge is -2.14. The van der Waals surface area contributed by atoms with Crippen LogP contribution in [-0.2, 0) is 27.5 Å². The SMILES string of the molecule is CS(=O)(=O)c1ccc(-c2cccc3c2O[C@H](CNC(=O)Cc2ccc(Cl)cc2)C3)cc1. The number of hydrogen-bond acceptors (Lipinski definition) is 4. The van der Waals surface area contributed by atoms with Gasteiger partial charge in [-0.2, -0.15) is 0 Å². The van der Waals surface area contributed by atoms with Gasteiger partial charge in [-0.1, -0.05) is 54.1 Å². The van der Waals surface area contributed by atoms with Gasteiger partial charge in [-0.15, -0.1) is 0 Å². The third-order valence-corrected chi connectivity index (χ3v) is 6.61. The molecule has 1 N–H and O–H groups in total. The molecular formula is C24H22ClNO4S. The molecule has 4 rings (SSSR count). The number of benzene rings is 3. The third kappa shape index (κ3) is 5.09. The van der Waals surface area contributed by atoms with Crippen molar-refractivity contribution in [3.8, 4) is 16.9 Å². The van der Waals surface area contributed by atoms with E-state index in [4.69, 9.17) is 16.3 Å². The monoisotopic (exact) mass is 455 g/mol. The number of rotatable bonds is 6. The summed E-state index contributed by atoms with van der Waals surface area (Å²) in [4.78, 5) is 12.6. The van der Waals surface area contributed by atoms with Gasteiger partial charge >= 0.3 is 0 Å². The van der Waals surface area contributed by atoms with Crippen LogP contribution in [-0.4, -0.2) is 33.2 Å². The molecule has 1 heterocycles. The molecular weight excluding hydrogens is 434 g/mol. The number of sulfone groups is 1. The van der Waals surface area contributed by atoms with E-state index in [2.05, 4.69) is 5.32 Å². The van der Waals surface area contributed by atoms with Crippen molar-refractivity contribution >= 4 is 27.3 Å². The van der Waals surface area contributed by atoms with E-state index in [-0.39, 0.29) is 23.3 Å². The Balaban J connectivity index is 1.41. The molecule has 1 atom stereocenters. The van der Waals surface area contributed by atoms with Crippen molar-refractivity contribution in [1.82, 2.24) is 5.32 Å². The Morgan fingerprint density at radius 3 is 2.45 bits per heavy atom. The van der Waals surface area contributed by atoms with E-state index in [1.54, 1.807) is 36.4 Å². The number of carbonyl (C=O) groups is 1. The van der Waals surface area contributed by atoms with Crippen LogP contribution >= 0.6 is 11.6 Å². The molecule has 1 aliphatic heterocycles. The second-order valence-corrected chi connectivity index (χ2v) is 10.1. The summed E-state index contributed by atoms with van der Waals surface area (Å²) in [5.41, 5.74) is 3.77. The van der Waals surface area contributed by atoms with E-state index in [0.29, 0.717) is 18.0 Å². The fourth-order valence-electron chi connectivity index (χ4n) is 3.64. The Bertz CT molecular complexity index is 1210. The highest BCUT2D eigenvalue weighted by atomic mass is 35.5. The smallest absolute Gasteiger partial charge is 0.224 e. The minimum Gasteiger partial charge on any atom is -0.487 e. The molecule has 31 heavy (non-hydrogen) atoms. The first-order chi connectivity index (χ1) is 14.8. The molecule has 0 unspecified atom stereocenters. The second kappa shape index (κ2) is 8.73. The zero-order chi connectivity index (χ0) is 22.0. The van der Waals surface area contributed by atoms with Crippen LogP contribution in [0.5, 0.6) is 5.75 Å². The first-order valence-electron chi connectivity index (χ1n) is 9.90. The maximum atomic E-state index is 12.3. The topological polar surface area (TPSA) is 72.5 Å². The Kier molecular flexibility index (Phi) is 6.03. The maximum absolute atomic E-state index is 12.3. The molecule has 0 radical (unpaired) electrons. The van der Waals surface area contributed by atoms with Gasteiger partial charge in [-0.25, -0.2) is 8.42 Å². The lowest BCUT2D eigenvalue weighted by molar-refractivity contribution is -0.120. The van der Waals surface area contributed by atoms with Crippen molar-refractivity contribution in [3.63, 3.8) is 0 Å². The van der Waals surface area contributed by atoms with Crippen LogP contribution in [0.3, 0.4) is 0 Å². The summed E-state index contributed by atoms with van der Waals surface area (Å²) >= 11 is 5.88. The Labute approximate surface area is 186 Å². The van der Waals surface area contributed by atoms with E-state index in [1.807, 2.05) is 30.3 Å². The fourth-order valence-corrected chi connectivity index (χ4v) is 4.40. The van der Waals surface area contributed by atoms with E-state index in [0.717, 1.165) is 28.0 Å². The predicted molar refractivity (Wildman–Crippen MR) is 121 cm³/mol. The van der Waals surface area contributed by atoms with Crippen molar-refractivity contribution < 1.29 is 17.9 Å². The summed E-state index contributed by atoms with van der Waals surface area (Å²) in [5, 5.41) is 3.58. The predicted octanol–water partition coefficient (Wildman–Crippen LogP) is 4.07. The number of halogens is 1. The minimum atomic E-state index is -3.24. The standard InChI is InChI=1S/C24H22ClNO4S/c1-31(28,29)21-11-7-17(8-12-21)22-4-2-3-18-14-20(30-24(18)22)15-26-23(27)13-16-5-9-19(25)10-6-16/h2-12,20H,13-15H2,1H3,(H,26,27)/t20-/m0/s1. The summed E-state index contributed by atoms with van der Waals surface area (Å²) in [6, 6.07) is 19.9. The molecule has 1 aliphatic rings.